The van der Waals surface area contributed by atoms with Gasteiger partial charge < -0.3 is 10.2 Å². The summed E-state index contributed by atoms with van der Waals surface area (Å²) in [5, 5.41) is 3.76. The van der Waals surface area contributed by atoms with Gasteiger partial charge in [0.05, 0.1) is 16.1 Å². The largest absolute Gasteiger partial charge is 0.501 e. The molecule has 2 aromatic carbocycles. The maximum atomic E-state index is 13.2. The van der Waals surface area contributed by atoms with E-state index in [2.05, 4.69) is 10.3 Å². The Morgan fingerprint density at radius 2 is 1.71 bits per heavy atom. The van der Waals surface area contributed by atoms with Crippen molar-refractivity contribution in [2.24, 2.45) is 0 Å². The molecule has 1 N–H and O–H groups in total. The van der Waals surface area contributed by atoms with E-state index in [1.807, 2.05) is 24.3 Å². The van der Waals surface area contributed by atoms with Gasteiger partial charge >= 0.3 is 11.5 Å². The minimum atomic E-state index is -5.54. The number of carbonyl (C=O) groups is 2. The summed E-state index contributed by atoms with van der Waals surface area (Å²) in [6.45, 7) is 1.63. The highest BCUT2D eigenvalue weighted by Crippen LogP contribution is 2.33. The molecule has 178 valence electrons. The third-order valence-electron chi connectivity index (χ3n) is 5.59. The van der Waals surface area contributed by atoms with Gasteiger partial charge in [0.1, 0.15) is 11.9 Å². The first-order valence-corrected chi connectivity index (χ1v) is 11.6. The van der Waals surface area contributed by atoms with E-state index < -0.39 is 38.2 Å². The van der Waals surface area contributed by atoms with Gasteiger partial charge in [0.15, 0.2) is 0 Å². The number of para-hydroxylation sites is 1. The molecule has 0 saturated carbocycles. The minimum absolute atomic E-state index is 0.0269. The summed E-state index contributed by atoms with van der Waals surface area (Å²) < 4.78 is 61.6. The van der Waals surface area contributed by atoms with Gasteiger partial charge in [-0.1, -0.05) is 18.2 Å². The SMILES string of the molecule is CNc1cc(CN2C(=O)N(c3ccc(S(=O)(=O)C(F)(F)F)cc3)C(=O)C2C)c2ccccc2n1. The third kappa shape index (κ3) is 3.83. The first-order chi connectivity index (χ1) is 16.0. The van der Waals surface area contributed by atoms with Crippen LogP contribution in [0.1, 0.15) is 12.5 Å². The number of aromatic nitrogens is 1. The summed E-state index contributed by atoms with van der Waals surface area (Å²) in [7, 11) is -3.84. The van der Waals surface area contributed by atoms with Crippen LogP contribution in [-0.2, 0) is 21.2 Å². The Morgan fingerprint density at radius 3 is 2.32 bits per heavy atom. The molecule has 1 aliphatic rings. The average Bonchev–Trinajstić information content (AvgIpc) is 3.01. The molecule has 1 fully saturated rings. The van der Waals surface area contributed by atoms with Crippen molar-refractivity contribution in [3.8, 4) is 0 Å². The number of fused-ring (bicyclic) bond motifs is 1. The molecule has 0 spiro atoms. The van der Waals surface area contributed by atoms with Gasteiger partial charge in [-0.3, -0.25) is 4.79 Å². The second-order valence-electron chi connectivity index (χ2n) is 7.64. The summed E-state index contributed by atoms with van der Waals surface area (Å²) >= 11 is 0. The molecular formula is C22H19F3N4O4S. The molecule has 34 heavy (non-hydrogen) atoms. The third-order valence-corrected chi connectivity index (χ3v) is 7.09. The van der Waals surface area contributed by atoms with E-state index in [0.29, 0.717) is 11.3 Å². The van der Waals surface area contributed by atoms with Crippen LogP contribution in [-0.4, -0.2) is 48.8 Å². The number of hydrogen-bond acceptors (Lipinski definition) is 6. The van der Waals surface area contributed by atoms with Gasteiger partial charge in [-0.2, -0.15) is 13.2 Å². The molecule has 2 heterocycles. The molecule has 1 saturated heterocycles. The lowest BCUT2D eigenvalue weighted by molar-refractivity contribution is -0.119. The van der Waals surface area contributed by atoms with Crippen molar-refractivity contribution in [2.75, 3.05) is 17.3 Å². The number of rotatable bonds is 5. The number of nitrogens with zero attached hydrogens (tertiary/aromatic N) is 3. The number of carbonyl (C=O) groups excluding carboxylic acids is 2. The number of nitrogens with one attached hydrogen (secondary N) is 1. The smallest absolute Gasteiger partial charge is 0.373 e. The van der Waals surface area contributed by atoms with E-state index in [9.17, 15) is 31.2 Å². The number of benzene rings is 2. The average molecular weight is 492 g/mol. The molecule has 1 aliphatic heterocycles. The number of hydrogen-bond donors (Lipinski definition) is 1. The Balaban J connectivity index is 1.66. The van der Waals surface area contributed by atoms with Crippen LogP contribution in [0.4, 0.5) is 29.5 Å². The van der Waals surface area contributed by atoms with Crippen molar-refractivity contribution >= 4 is 44.2 Å². The number of halogens is 3. The fourth-order valence-corrected chi connectivity index (χ4v) is 4.51. The Morgan fingerprint density at radius 1 is 1.06 bits per heavy atom. The minimum Gasteiger partial charge on any atom is -0.373 e. The molecular weight excluding hydrogens is 473 g/mol. The highest BCUT2D eigenvalue weighted by atomic mass is 32.2. The van der Waals surface area contributed by atoms with Crippen molar-refractivity contribution < 1.29 is 31.2 Å². The molecule has 1 unspecified atom stereocenters. The molecule has 3 aromatic rings. The molecule has 8 nitrogen and oxygen atoms in total. The van der Waals surface area contributed by atoms with E-state index >= 15 is 0 Å². The van der Waals surface area contributed by atoms with Crippen LogP contribution in [0.3, 0.4) is 0 Å². The molecule has 0 bridgehead atoms. The van der Waals surface area contributed by atoms with Crippen LogP contribution in [0, 0.1) is 0 Å². The van der Waals surface area contributed by atoms with Crippen molar-refractivity contribution in [1.29, 1.82) is 0 Å². The van der Waals surface area contributed by atoms with Crippen LogP contribution < -0.4 is 10.2 Å². The number of urea groups is 1. The Kier molecular flexibility index (Phi) is 5.72. The van der Waals surface area contributed by atoms with Gasteiger partial charge in [-0.15, -0.1) is 0 Å². The summed E-state index contributed by atoms with van der Waals surface area (Å²) in [6.07, 6.45) is 0. The molecule has 0 aliphatic carbocycles. The number of amides is 3. The van der Waals surface area contributed by atoms with Crippen molar-refractivity contribution in [2.45, 2.75) is 29.9 Å². The summed E-state index contributed by atoms with van der Waals surface area (Å²) in [5.41, 5.74) is -4.04. The maximum Gasteiger partial charge on any atom is 0.501 e. The lowest BCUT2D eigenvalue weighted by atomic mass is 10.1. The van der Waals surface area contributed by atoms with E-state index in [1.54, 1.807) is 20.0 Å². The molecule has 3 amide bonds. The molecule has 12 heteroatoms. The van der Waals surface area contributed by atoms with Gasteiger partial charge in [0.2, 0.25) is 0 Å². The van der Waals surface area contributed by atoms with Crippen LogP contribution in [0.25, 0.3) is 10.9 Å². The first-order valence-electron chi connectivity index (χ1n) is 10.1. The van der Waals surface area contributed by atoms with Gasteiger partial charge in [0, 0.05) is 19.0 Å². The van der Waals surface area contributed by atoms with Gasteiger partial charge in [-0.05, 0) is 48.9 Å². The van der Waals surface area contributed by atoms with E-state index in [4.69, 9.17) is 0 Å². The van der Waals surface area contributed by atoms with E-state index in [1.165, 1.54) is 4.90 Å². The summed E-state index contributed by atoms with van der Waals surface area (Å²) in [5.74, 6) is 0.00118. The standard InChI is InChI=1S/C22H19F3N4O4S/c1-13-20(30)29(15-7-9-16(10-8-15)34(32,33)22(23,24)25)21(31)28(13)12-14-11-19(26-2)27-18-6-4-3-5-17(14)18/h3-11,13H,12H2,1-2H3,(H,26,27). The highest BCUT2D eigenvalue weighted by Gasteiger charge is 2.47. The second-order valence-corrected chi connectivity index (χ2v) is 9.58. The fourth-order valence-electron chi connectivity index (χ4n) is 3.75. The molecule has 1 aromatic heterocycles. The zero-order valence-corrected chi connectivity index (χ0v) is 18.8. The molecule has 1 atom stereocenters. The zero-order chi connectivity index (χ0) is 24.8. The maximum absolute atomic E-state index is 13.2. The first kappa shape index (κ1) is 23.5. The number of imide groups is 1. The number of sulfone groups is 1. The Hall–Kier alpha value is -3.67. The van der Waals surface area contributed by atoms with Gasteiger partial charge in [-0.25, -0.2) is 23.1 Å². The van der Waals surface area contributed by atoms with Crippen LogP contribution in [0.15, 0.2) is 59.5 Å². The van der Waals surface area contributed by atoms with E-state index in [0.717, 1.165) is 40.1 Å². The monoisotopic (exact) mass is 492 g/mol. The van der Waals surface area contributed by atoms with Crippen molar-refractivity contribution in [1.82, 2.24) is 9.88 Å². The van der Waals surface area contributed by atoms with Crippen LogP contribution in [0.2, 0.25) is 0 Å². The topological polar surface area (TPSA) is 99.7 Å². The predicted molar refractivity (Wildman–Crippen MR) is 119 cm³/mol. The second kappa shape index (κ2) is 8.28. The van der Waals surface area contributed by atoms with Crippen LogP contribution >= 0.6 is 0 Å². The predicted octanol–water partition coefficient (Wildman–Crippen LogP) is 3.93. The van der Waals surface area contributed by atoms with Crippen molar-refractivity contribution in [3.05, 3.63) is 60.2 Å². The lowest BCUT2D eigenvalue weighted by Gasteiger charge is -2.21. The lowest BCUT2D eigenvalue weighted by Crippen LogP contribution is -2.33. The summed E-state index contributed by atoms with van der Waals surface area (Å²) in [6, 6.07) is 11.0. The number of pyridine rings is 1. The quantitative estimate of drug-likeness (QED) is 0.542. The van der Waals surface area contributed by atoms with Gasteiger partial charge in [0.25, 0.3) is 15.7 Å². The number of alkyl halides is 3. The van der Waals surface area contributed by atoms with Crippen molar-refractivity contribution in [3.63, 3.8) is 0 Å². The molecule has 4 rings (SSSR count). The zero-order valence-electron chi connectivity index (χ0n) is 18.0. The summed E-state index contributed by atoms with van der Waals surface area (Å²) in [4.78, 5) is 31.7. The van der Waals surface area contributed by atoms with E-state index in [-0.39, 0.29) is 12.2 Å². The normalized spacial score (nSPS) is 17.0. The Bertz CT molecular complexity index is 1390. The fraction of sp³-hybridized carbons (Fsp3) is 0.227. The highest BCUT2D eigenvalue weighted by molar-refractivity contribution is 7.92. The van der Waals surface area contributed by atoms with Crippen LogP contribution in [0.5, 0.6) is 0 Å². The Labute approximate surface area is 192 Å². The number of anilines is 2. The molecule has 0 radical (unpaired) electrons.